The summed E-state index contributed by atoms with van der Waals surface area (Å²) in [4.78, 5) is 23.1. The first-order valence-electron chi connectivity index (χ1n) is 11.5. The van der Waals surface area contributed by atoms with Crippen LogP contribution in [0.3, 0.4) is 0 Å². The third-order valence-electron chi connectivity index (χ3n) is 6.09. The molecule has 5 rings (SSSR count). The molecule has 0 radical (unpaired) electrons. The van der Waals surface area contributed by atoms with Crippen LogP contribution in [0.5, 0.6) is 0 Å². The molecule has 170 valence electrons. The average Bonchev–Trinajstić information content (AvgIpc) is 3.13. The largest absolute Gasteiger partial charge is 0.384 e. The van der Waals surface area contributed by atoms with Gasteiger partial charge in [-0.2, -0.15) is 0 Å². The molecule has 1 atom stereocenters. The number of para-hydroxylation sites is 2. The van der Waals surface area contributed by atoms with Crippen molar-refractivity contribution in [2.45, 2.75) is 32.4 Å². The van der Waals surface area contributed by atoms with Gasteiger partial charge in [0, 0.05) is 6.04 Å². The molecule has 2 aromatic heterocycles. The zero-order valence-electron chi connectivity index (χ0n) is 19.1. The maximum absolute atomic E-state index is 13.4. The molecule has 34 heavy (non-hydrogen) atoms. The van der Waals surface area contributed by atoms with Gasteiger partial charge in [0.15, 0.2) is 5.65 Å². The molecule has 0 aliphatic carbocycles. The number of aryl methyl sites for hydroxylation is 1. The predicted molar refractivity (Wildman–Crippen MR) is 137 cm³/mol. The lowest BCUT2D eigenvalue weighted by atomic mass is 10.1. The van der Waals surface area contributed by atoms with Gasteiger partial charge in [0.2, 0.25) is 0 Å². The van der Waals surface area contributed by atoms with Crippen LogP contribution in [-0.4, -0.2) is 26.5 Å². The Labute approximate surface area is 198 Å². The predicted octanol–water partition coefficient (Wildman–Crippen LogP) is 4.97. The van der Waals surface area contributed by atoms with Crippen LogP contribution in [0.25, 0.3) is 22.2 Å². The van der Waals surface area contributed by atoms with Crippen LogP contribution in [0.4, 0.5) is 5.82 Å². The summed E-state index contributed by atoms with van der Waals surface area (Å²) in [5.74, 6) is 0.154. The van der Waals surface area contributed by atoms with Crippen LogP contribution in [-0.2, 0) is 13.0 Å². The number of hydrogen-bond donors (Lipinski definition) is 2. The first-order chi connectivity index (χ1) is 16.6. The lowest BCUT2D eigenvalue weighted by molar-refractivity contribution is 0.0940. The normalized spacial score (nSPS) is 12.1. The van der Waals surface area contributed by atoms with Gasteiger partial charge in [-0.15, -0.1) is 0 Å². The molecule has 2 heterocycles. The van der Waals surface area contributed by atoms with Crippen molar-refractivity contribution in [1.29, 1.82) is 0 Å². The number of nitrogens with one attached hydrogen (secondary N) is 1. The first kappa shape index (κ1) is 21.6. The number of carbonyl (C=O) groups is 1. The van der Waals surface area contributed by atoms with Gasteiger partial charge in [-0.05, 0) is 43.0 Å². The smallest absolute Gasteiger partial charge is 0.257 e. The van der Waals surface area contributed by atoms with Crippen molar-refractivity contribution in [1.82, 2.24) is 19.9 Å². The molecule has 6 heteroatoms. The lowest BCUT2D eigenvalue weighted by Gasteiger charge is -2.14. The molecule has 0 saturated heterocycles. The maximum Gasteiger partial charge on any atom is 0.257 e. The molecule has 5 aromatic rings. The summed E-state index contributed by atoms with van der Waals surface area (Å²) < 4.78 is 1.88. The van der Waals surface area contributed by atoms with Crippen LogP contribution in [0.15, 0.2) is 84.9 Å². The van der Waals surface area contributed by atoms with Crippen molar-refractivity contribution < 1.29 is 4.79 Å². The van der Waals surface area contributed by atoms with E-state index >= 15 is 0 Å². The fraction of sp³-hybridized carbons (Fsp3) is 0.179. The quantitative estimate of drug-likeness (QED) is 0.367. The fourth-order valence-electron chi connectivity index (χ4n) is 4.26. The Hall–Kier alpha value is -4.19. The first-order valence-corrected chi connectivity index (χ1v) is 11.5. The minimum Gasteiger partial charge on any atom is -0.384 e. The van der Waals surface area contributed by atoms with Crippen molar-refractivity contribution in [3.05, 3.63) is 102 Å². The van der Waals surface area contributed by atoms with E-state index in [1.165, 1.54) is 5.56 Å². The second-order valence-corrected chi connectivity index (χ2v) is 8.62. The summed E-state index contributed by atoms with van der Waals surface area (Å²) >= 11 is 0. The molecule has 3 N–H and O–H groups in total. The second-order valence-electron chi connectivity index (χ2n) is 8.62. The van der Waals surface area contributed by atoms with E-state index < -0.39 is 0 Å². The molecule has 0 saturated carbocycles. The minimum absolute atomic E-state index is 0.0203. The van der Waals surface area contributed by atoms with Gasteiger partial charge in [0.25, 0.3) is 5.91 Å². The summed E-state index contributed by atoms with van der Waals surface area (Å²) in [7, 11) is 0. The van der Waals surface area contributed by atoms with Gasteiger partial charge in [0.05, 0.1) is 17.6 Å². The highest BCUT2D eigenvalue weighted by molar-refractivity contribution is 6.10. The van der Waals surface area contributed by atoms with E-state index in [0.29, 0.717) is 29.1 Å². The molecule has 0 aliphatic heterocycles. The molecule has 0 spiro atoms. The molecular formula is C28H27N5O. The number of nitrogens with zero attached hydrogens (tertiary/aromatic N) is 3. The van der Waals surface area contributed by atoms with Crippen molar-refractivity contribution in [2.75, 3.05) is 5.73 Å². The van der Waals surface area contributed by atoms with E-state index in [9.17, 15) is 4.79 Å². The fourth-order valence-corrected chi connectivity index (χ4v) is 4.26. The van der Waals surface area contributed by atoms with Crippen LogP contribution < -0.4 is 11.1 Å². The summed E-state index contributed by atoms with van der Waals surface area (Å²) in [6, 6.07) is 27.9. The molecule has 0 fully saturated rings. The Balaban J connectivity index is 1.49. The number of rotatable bonds is 7. The average molecular weight is 450 g/mol. The van der Waals surface area contributed by atoms with E-state index in [4.69, 9.17) is 15.7 Å². The Morgan fingerprint density at radius 3 is 2.15 bits per heavy atom. The number of hydrogen-bond acceptors (Lipinski definition) is 4. The van der Waals surface area contributed by atoms with Crippen LogP contribution >= 0.6 is 0 Å². The zero-order chi connectivity index (χ0) is 23.5. The highest BCUT2D eigenvalue weighted by Crippen LogP contribution is 2.29. The third kappa shape index (κ3) is 4.35. The maximum atomic E-state index is 13.4. The number of carbonyl (C=O) groups excluding carboxylic acids is 1. The summed E-state index contributed by atoms with van der Waals surface area (Å²) in [5, 5.41) is 3.12. The van der Waals surface area contributed by atoms with Crippen LogP contribution in [0.1, 0.15) is 34.8 Å². The molecule has 0 bridgehead atoms. The topological polar surface area (TPSA) is 85.8 Å². The van der Waals surface area contributed by atoms with E-state index in [2.05, 4.69) is 17.4 Å². The Morgan fingerprint density at radius 1 is 0.882 bits per heavy atom. The highest BCUT2D eigenvalue weighted by Gasteiger charge is 2.25. The number of nitrogen functional groups attached to an aromatic ring is 1. The minimum atomic E-state index is -0.223. The molecule has 3 aromatic carbocycles. The molecule has 1 amide bonds. The van der Waals surface area contributed by atoms with Crippen molar-refractivity contribution in [2.24, 2.45) is 0 Å². The van der Waals surface area contributed by atoms with Gasteiger partial charge in [-0.3, -0.25) is 4.79 Å². The Kier molecular flexibility index (Phi) is 5.95. The highest BCUT2D eigenvalue weighted by atomic mass is 16.1. The van der Waals surface area contributed by atoms with Crippen molar-refractivity contribution in [3.8, 4) is 0 Å². The monoisotopic (exact) mass is 449 g/mol. The number of benzene rings is 3. The number of amides is 1. The van der Waals surface area contributed by atoms with Gasteiger partial charge in [-0.25, -0.2) is 9.97 Å². The second kappa shape index (κ2) is 9.35. The van der Waals surface area contributed by atoms with Crippen molar-refractivity contribution in [3.63, 3.8) is 0 Å². The standard InChI is InChI=1S/C28H27N5O/c1-19(16-17-20-10-4-2-5-11-20)30-28(34)24-25-27(32-23-15-9-8-14-22(23)31-25)33(26(24)29)18-21-12-6-3-7-13-21/h2-15,19H,16-18,29H2,1H3,(H,30,34)/t19-/m0/s1. The van der Waals surface area contributed by atoms with E-state index in [-0.39, 0.29) is 11.9 Å². The number of fused-ring (bicyclic) bond motifs is 2. The van der Waals surface area contributed by atoms with E-state index in [1.807, 2.05) is 84.3 Å². The molecule has 0 aliphatic rings. The SMILES string of the molecule is C[C@@H](CCc1ccccc1)NC(=O)c1c(N)n(Cc2ccccc2)c2nc3ccccc3nc12. The van der Waals surface area contributed by atoms with Crippen LogP contribution in [0.2, 0.25) is 0 Å². The number of anilines is 1. The van der Waals surface area contributed by atoms with Gasteiger partial charge in [0.1, 0.15) is 16.9 Å². The van der Waals surface area contributed by atoms with E-state index in [0.717, 1.165) is 29.4 Å². The van der Waals surface area contributed by atoms with Crippen LogP contribution in [0, 0.1) is 0 Å². The number of aromatic nitrogens is 3. The Bertz CT molecular complexity index is 1440. The van der Waals surface area contributed by atoms with Gasteiger partial charge >= 0.3 is 0 Å². The van der Waals surface area contributed by atoms with E-state index in [1.54, 1.807) is 0 Å². The van der Waals surface area contributed by atoms with Gasteiger partial charge in [-0.1, -0.05) is 72.8 Å². The summed E-state index contributed by atoms with van der Waals surface area (Å²) in [6.07, 6.45) is 1.71. The van der Waals surface area contributed by atoms with Crippen molar-refractivity contribution >= 4 is 33.9 Å². The summed E-state index contributed by atoms with van der Waals surface area (Å²) in [5.41, 5.74) is 11.9. The lowest BCUT2D eigenvalue weighted by Crippen LogP contribution is -2.33. The molecule has 0 unspecified atom stereocenters. The zero-order valence-corrected chi connectivity index (χ0v) is 19.1. The Morgan fingerprint density at radius 2 is 1.47 bits per heavy atom. The molecular weight excluding hydrogens is 422 g/mol. The number of nitrogens with two attached hydrogens (primary N) is 1. The van der Waals surface area contributed by atoms with Gasteiger partial charge < -0.3 is 15.6 Å². The summed E-state index contributed by atoms with van der Waals surface area (Å²) in [6.45, 7) is 2.52. The molecule has 6 nitrogen and oxygen atoms in total. The third-order valence-corrected chi connectivity index (χ3v) is 6.09.